The van der Waals surface area contributed by atoms with E-state index in [0.29, 0.717) is 44.2 Å². The van der Waals surface area contributed by atoms with E-state index in [1.807, 2.05) is 18.2 Å². The number of piperazine rings is 1. The molecule has 3 aliphatic rings. The standard InChI is InChI=1S/C45H52B2ClN7O7S/c1-44(2)15-11-38(37(26-44)30-3-5-32(48)6-4-30)45(46,47)54-19-17-53(18-20-54)33-7-9-36(41(24-33)62-34-23-31-12-16-49-42(31)51-28-34)43(56)52-63(59,60)35-8-10-39(40(25-35)55(57)58)50-27-29-13-21-61-22-14-29/h3-10,12,16,23-25,28-29,50H,11,13-15,17-22,26-27,46-47H2,1-2H3,(H,49,51)(H,52,56). The van der Waals surface area contributed by atoms with Gasteiger partial charge in [-0.05, 0) is 108 Å². The van der Waals surface area contributed by atoms with Crippen LogP contribution < -0.4 is 19.7 Å². The van der Waals surface area contributed by atoms with E-state index < -0.39 is 31.4 Å². The SMILES string of the molecule is BC(B)(C1=C(c2ccc(Cl)cc2)CC(C)(C)CC1)N1CCN(c2ccc(C(=O)NS(=O)(=O)c3ccc(NCC4CCOCC4)c([N+](=O)[O-])c3)c(Oc3cnc4[nH]ccc4c3)c2)CC1. The van der Waals surface area contributed by atoms with Crippen LogP contribution in [0.3, 0.4) is 0 Å². The number of ether oxygens (including phenoxy) is 2. The number of allylic oxidation sites excluding steroid dienone is 1. The van der Waals surface area contributed by atoms with Gasteiger partial charge in [0.2, 0.25) is 0 Å². The molecule has 8 rings (SSSR count). The van der Waals surface area contributed by atoms with Crippen molar-refractivity contribution in [2.45, 2.75) is 56.2 Å². The Hall–Kier alpha value is -5.35. The van der Waals surface area contributed by atoms with Crippen molar-refractivity contribution >= 4 is 76.9 Å². The van der Waals surface area contributed by atoms with Crippen LogP contribution in [0.15, 0.2) is 95.7 Å². The minimum Gasteiger partial charge on any atom is -0.455 e. The smallest absolute Gasteiger partial charge is 0.293 e. The number of fused-ring (bicyclic) bond motifs is 1. The predicted octanol–water partition coefficient (Wildman–Crippen LogP) is 6.58. The van der Waals surface area contributed by atoms with Crippen molar-refractivity contribution in [1.29, 1.82) is 0 Å². The molecule has 0 saturated carbocycles. The Kier molecular flexibility index (Phi) is 12.7. The van der Waals surface area contributed by atoms with Crippen molar-refractivity contribution in [2.24, 2.45) is 11.3 Å². The van der Waals surface area contributed by atoms with Crippen molar-refractivity contribution in [1.82, 2.24) is 19.6 Å². The van der Waals surface area contributed by atoms with Crippen molar-refractivity contribution in [3.8, 4) is 11.5 Å². The fraction of sp³-hybridized carbons (Fsp3) is 0.378. The largest absolute Gasteiger partial charge is 0.455 e. The molecule has 63 heavy (non-hydrogen) atoms. The Labute approximate surface area is 374 Å². The molecule has 2 aromatic heterocycles. The highest BCUT2D eigenvalue weighted by atomic mass is 35.5. The number of hydrogen-bond donors (Lipinski definition) is 3. The summed E-state index contributed by atoms with van der Waals surface area (Å²) in [6.07, 6.45) is 8.05. The number of carbonyl (C=O) groups excluding carboxylic acids is 1. The highest BCUT2D eigenvalue weighted by Crippen LogP contribution is 2.46. The number of aromatic amines is 1. The lowest BCUT2D eigenvalue weighted by atomic mass is 9.52. The number of benzene rings is 3. The minimum atomic E-state index is -4.56. The Morgan fingerprint density at radius 3 is 2.52 bits per heavy atom. The number of halogens is 1. The number of hydrogen-bond acceptors (Lipinski definition) is 11. The van der Waals surface area contributed by atoms with E-state index in [-0.39, 0.29) is 33.7 Å². The molecule has 0 bridgehead atoms. The van der Waals surface area contributed by atoms with Gasteiger partial charge in [0.25, 0.3) is 21.6 Å². The Morgan fingerprint density at radius 2 is 1.79 bits per heavy atom. The number of aromatic nitrogens is 2. The van der Waals surface area contributed by atoms with Gasteiger partial charge in [0.1, 0.15) is 38.5 Å². The third kappa shape index (κ3) is 9.91. The molecule has 18 heteroatoms. The van der Waals surface area contributed by atoms with Crippen LogP contribution in [0.1, 0.15) is 61.9 Å². The zero-order chi connectivity index (χ0) is 44.5. The lowest BCUT2D eigenvalue weighted by Gasteiger charge is -2.49. The molecule has 4 heterocycles. The molecule has 3 aromatic carbocycles. The van der Waals surface area contributed by atoms with Gasteiger partial charge in [-0.15, -0.1) is 0 Å². The zero-order valence-electron chi connectivity index (χ0n) is 36.1. The van der Waals surface area contributed by atoms with Gasteiger partial charge in [-0.3, -0.25) is 14.9 Å². The van der Waals surface area contributed by atoms with E-state index in [1.165, 1.54) is 35.0 Å². The molecule has 0 atom stereocenters. The van der Waals surface area contributed by atoms with Gasteiger partial charge >= 0.3 is 0 Å². The summed E-state index contributed by atoms with van der Waals surface area (Å²) in [4.78, 5) is 37.3. The second kappa shape index (κ2) is 18.0. The molecular formula is C45H52B2ClN7O7S. The summed E-state index contributed by atoms with van der Waals surface area (Å²) in [5.41, 5.74) is 5.47. The third-order valence-electron chi connectivity index (χ3n) is 12.9. The molecule has 3 N–H and O–H groups in total. The highest BCUT2D eigenvalue weighted by Gasteiger charge is 2.39. The molecule has 1 aliphatic carbocycles. The van der Waals surface area contributed by atoms with Gasteiger partial charge in [0.15, 0.2) is 0 Å². The molecular weight excluding hydrogens is 840 g/mol. The lowest BCUT2D eigenvalue weighted by Crippen LogP contribution is -2.59. The van der Waals surface area contributed by atoms with Crippen LogP contribution in [0.25, 0.3) is 16.6 Å². The summed E-state index contributed by atoms with van der Waals surface area (Å²) in [5, 5.41) is 16.5. The first kappa shape index (κ1) is 44.3. The molecule has 0 unspecified atom stereocenters. The lowest BCUT2D eigenvalue weighted by molar-refractivity contribution is -0.384. The number of nitrogens with zero attached hydrogens (tertiary/aromatic N) is 4. The predicted molar refractivity (Wildman–Crippen MR) is 252 cm³/mol. The van der Waals surface area contributed by atoms with Gasteiger partial charge in [-0.25, -0.2) is 18.1 Å². The summed E-state index contributed by atoms with van der Waals surface area (Å²) >= 11 is 6.29. The van der Waals surface area contributed by atoms with Gasteiger partial charge in [0.05, 0.1) is 21.6 Å². The molecule has 0 radical (unpaired) electrons. The third-order valence-corrected chi connectivity index (χ3v) is 14.5. The van der Waals surface area contributed by atoms with E-state index in [0.717, 1.165) is 67.4 Å². The number of sulfonamides is 1. The molecule has 14 nitrogen and oxygen atoms in total. The van der Waals surface area contributed by atoms with Crippen molar-refractivity contribution in [2.75, 3.05) is 56.2 Å². The summed E-state index contributed by atoms with van der Waals surface area (Å²) in [6.45, 7) is 9.39. The van der Waals surface area contributed by atoms with Gasteiger partial charge < -0.3 is 29.6 Å². The summed E-state index contributed by atoms with van der Waals surface area (Å²) in [6, 6.07) is 20.5. The maximum Gasteiger partial charge on any atom is 0.293 e. The van der Waals surface area contributed by atoms with Crippen molar-refractivity contribution in [3.63, 3.8) is 0 Å². The Morgan fingerprint density at radius 1 is 1.05 bits per heavy atom. The zero-order valence-corrected chi connectivity index (χ0v) is 37.7. The van der Waals surface area contributed by atoms with E-state index >= 15 is 0 Å². The monoisotopic (exact) mass is 891 g/mol. The number of anilines is 2. The van der Waals surface area contributed by atoms with E-state index in [2.05, 4.69) is 71.5 Å². The summed E-state index contributed by atoms with van der Waals surface area (Å²) < 4.78 is 41.3. The van der Waals surface area contributed by atoms with Crippen LogP contribution in [0.5, 0.6) is 11.5 Å². The second-order valence-corrected chi connectivity index (χ2v) is 20.1. The van der Waals surface area contributed by atoms with E-state index in [4.69, 9.17) is 21.1 Å². The maximum absolute atomic E-state index is 14.0. The van der Waals surface area contributed by atoms with Crippen molar-refractivity contribution in [3.05, 3.63) is 117 Å². The van der Waals surface area contributed by atoms with Gasteiger partial charge in [-0.2, -0.15) is 0 Å². The van der Waals surface area contributed by atoms with Crippen LogP contribution >= 0.6 is 11.6 Å². The number of nitrogens with one attached hydrogen (secondary N) is 3. The topological polar surface area (TPSA) is 172 Å². The highest BCUT2D eigenvalue weighted by molar-refractivity contribution is 7.90. The number of carbonyl (C=O) groups is 1. The number of amides is 1. The van der Waals surface area contributed by atoms with Gasteiger partial charge in [-0.1, -0.05) is 43.2 Å². The number of rotatable bonds is 13. The number of nitro groups is 1. The van der Waals surface area contributed by atoms with Crippen LogP contribution in [-0.4, -0.2) is 101 Å². The molecule has 0 spiro atoms. The molecule has 2 fully saturated rings. The Bertz CT molecular complexity index is 2660. The first-order chi connectivity index (χ1) is 30.1. The fourth-order valence-electron chi connectivity index (χ4n) is 9.11. The fourth-order valence-corrected chi connectivity index (χ4v) is 10.2. The average Bonchev–Trinajstić information content (AvgIpc) is 3.74. The van der Waals surface area contributed by atoms with Crippen LogP contribution in [0.4, 0.5) is 17.1 Å². The molecule has 2 saturated heterocycles. The van der Waals surface area contributed by atoms with E-state index in [1.54, 1.807) is 30.5 Å². The quantitative estimate of drug-likeness (QED) is 0.0663. The number of pyridine rings is 1. The average molecular weight is 892 g/mol. The summed E-state index contributed by atoms with van der Waals surface area (Å²) in [7, 11) is 0.0894. The van der Waals surface area contributed by atoms with Crippen LogP contribution in [-0.2, 0) is 14.8 Å². The normalized spacial score (nSPS) is 17.7. The van der Waals surface area contributed by atoms with Crippen LogP contribution in [0.2, 0.25) is 5.02 Å². The van der Waals surface area contributed by atoms with Crippen molar-refractivity contribution < 1.29 is 27.6 Å². The van der Waals surface area contributed by atoms with Crippen LogP contribution in [0, 0.1) is 21.4 Å². The second-order valence-electron chi connectivity index (χ2n) is 18.0. The Balaban J connectivity index is 1.03. The van der Waals surface area contributed by atoms with Gasteiger partial charge in [0, 0.05) is 80.4 Å². The first-order valence-electron chi connectivity index (χ1n) is 21.5. The molecule has 2 aliphatic heterocycles. The molecule has 328 valence electrons. The van der Waals surface area contributed by atoms with E-state index in [9.17, 15) is 23.3 Å². The first-order valence-corrected chi connectivity index (χ1v) is 23.3. The minimum absolute atomic E-state index is 0.0394. The number of nitro benzene ring substituents is 1. The summed E-state index contributed by atoms with van der Waals surface area (Å²) in [5.74, 6) is -0.208. The maximum atomic E-state index is 14.0. The number of H-pyrrole nitrogens is 1. The molecule has 1 amide bonds. The molecule has 5 aromatic rings.